The smallest absolute Gasteiger partial charge is 0.320 e. The number of hydrogen-bond donors (Lipinski definition) is 1. The molecule has 1 aromatic heterocycles. The number of anilines is 1. The van der Waals surface area contributed by atoms with Crippen molar-refractivity contribution in [2.24, 2.45) is 0 Å². The Morgan fingerprint density at radius 1 is 1.16 bits per heavy atom. The molecule has 1 atom stereocenters. The highest BCUT2D eigenvalue weighted by molar-refractivity contribution is 5.44. The number of hydrogen-bond acceptors (Lipinski definition) is 3. The number of nitrogens with one attached hydrogen (secondary N) is 1. The molecule has 98 valence electrons. The topological polar surface area (TPSA) is 42.7 Å². The Balaban J connectivity index is 2.10. The Morgan fingerprint density at radius 2 is 1.89 bits per heavy atom. The van der Waals surface area contributed by atoms with E-state index in [0.717, 1.165) is 11.6 Å². The summed E-state index contributed by atoms with van der Waals surface area (Å²) in [5, 5.41) is 6.20. The summed E-state index contributed by atoms with van der Waals surface area (Å²) in [4.78, 5) is 3.80. The lowest BCUT2D eigenvalue weighted by atomic mass is 10.0. The van der Waals surface area contributed by atoms with Gasteiger partial charge in [0.25, 0.3) is 0 Å². The van der Waals surface area contributed by atoms with Gasteiger partial charge < -0.3 is 5.32 Å². The normalized spacial score (nSPS) is 18.5. The summed E-state index contributed by atoms with van der Waals surface area (Å²) < 4.78 is 39.9. The van der Waals surface area contributed by atoms with Crippen LogP contribution in [-0.2, 0) is 0 Å². The van der Waals surface area contributed by atoms with Crippen molar-refractivity contribution in [1.82, 2.24) is 14.8 Å². The Hall–Kier alpha value is -2.31. The lowest BCUT2D eigenvalue weighted by molar-refractivity contribution is -0.0911. The van der Waals surface area contributed by atoms with E-state index in [2.05, 4.69) is 15.4 Å². The Labute approximate surface area is 106 Å². The van der Waals surface area contributed by atoms with Gasteiger partial charge in [-0.1, -0.05) is 30.3 Å². The van der Waals surface area contributed by atoms with Crippen molar-refractivity contribution < 1.29 is 13.2 Å². The molecule has 1 unspecified atom stereocenters. The van der Waals surface area contributed by atoms with E-state index in [0.29, 0.717) is 0 Å². The van der Waals surface area contributed by atoms with Gasteiger partial charge in [0.15, 0.2) is 0 Å². The van der Waals surface area contributed by atoms with Gasteiger partial charge >= 0.3 is 6.18 Å². The van der Waals surface area contributed by atoms with E-state index in [4.69, 9.17) is 0 Å². The van der Waals surface area contributed by atoms with Gasteiger partial charge in [-0.3, -0.25) is 0 Å². The monoisotopic (exact) mass is 266 g/mol. The molecule has 0 aliphatic carbocycles. The minimum absolute atomic E-state index is 0.0867. The van der Waals surface area contributed by atoms with E-state index in [1.54, 1.807) is 30.3 Å². The van der Waals surface area contributed by atoms with Crippen molar-refractivity contribution in [1.29, 1.82) is 0 Å². The van der Waals surface area contributed by atoms with Crippen molar-refractivity contribution >= 4 is 5.95 Å². The van der Waals surface area contributed by atoms with Gasteiger partial charge in [-0.15, -0.1) is 0 Å². The number of benzene rings is 1. The molecule has 1 aliphatic heterocycles. The van der Waals surface area contributed by atoms with Gasteiger partial charge in [0.1, 0.15) is 18.1 Å². The summed E-state index contributed by atoms with van der Waals surface area (Å²) in [7, 11) is 0. The highest BCUT2D eigenvalue weighted by Gasteiger charge is 2.38. The zero-order chi connectivity index (χ0) is 13.5. The molecule has 2 aromatic rings. The van der Waals surface area contributed by atoms with E-state index in [1.807, 2.05) is 0 Å². The van der Waals surface area contributed by atoms with Crippen molar-refractivity contribution in [3.05, 3.63) is 54.0 Å². The van der Waals surface area contributed by atoms with E-state index in [1.165, 1.54) is 11.0 Å². The first-order valence-electron chi connectivity index (χ1n) is 5.56. The maximum atomic E-state index is 12.8. The van der Waals surface area contributed by atoms with Crippen LogP contribution in [0, 0.1) is 0 Å². The number of nitrogens with zero attached hydrogens (tertiary/aromatic N) is 3. The Kier molecular flexibility index (Phi) is 2.55. The number of aromatic nitrogens is 3. The quantitative estimate of drug-likeness (QED) is 0.863. The average Bonchev–Trinajstić information content (AvgIpc) is 2.85. The molecule has 0 saturated heterocycles. The maximum absolute atomic E-state index is 12.8. The molecule has 4 nitrogen and oxygen atoms in total. The van der Waals surface area contributed by atoms with Crippen LogP contribution in [0.5, 0.6) is 0 Å². The lowest BCUT2D eigenvalue weighted by Crippen LogP contribution is -2.28. The summed E-state index contributed by atoms with van der Waals surface area (Å²) >= 11 is 0. The molecule has 0 radical (unpaired) electrons. The average molecular weight is 266 g/mol. The first-order valence-corrected chi connectivity index (χ1v) is 5.56. The molecule has 0 amide bonds. The molecular formula is C12H9F3N4. The molecule has 0 spiro atoms. The second-order valence-corrected chi connectivity index (χ2v) is 4.09. The molecular weight excluding hydrogens is 257 g/mol. The zero-order valence-corrected chi connectivity index (χ0v) is 9.59. The van der Waals surface area contributed by atoms with Gasteiger partial charge in [-0.2, -0.15) is 23.3 Å². The fourth-order valence-corrected chi connectivity index (χ4v) is 1.99. The van der Waals surface area contributed by atoms with Crippen molar-refractivity contribution in [3.8, 4) is 0 Å². The third-order valence-corrected chi connectivity index (χ3v) is 2.85. The minimum Gasteiger partial charge on any atom is -0.320 e. The van der Waals surface area contributed by atoms with Crippen LogP contribution in [-0.4, -0.2) is 20.9 Å². The first-order chi connectivity index (χ1) is 9.05. The maximum Gasteiger partial charge on any atom is 0.431 e. The van der Waals surface area contributed by atoms with Crippen LogP contribution in [0.15, 0.2) is 48.4 Å². The molecule has 1 aromatic carbocycles. The lowest BCUT2D eigenvalue weighted by Gasteiger charge is -2.25. The van der Waals surface area contributed by atoms with Crippen LogP contribution in [0.1, 0.15) is 11.6 Å². The molecule has 1 N–H and O–H groups in total. The van der Waals surface area contributed by atoms with Gasteiger partial charge in [0, 0.05) is 0 Å². The Bertz CT molecular complexity index is 615. The predicted molar refractivity (Wildman–Crippen MR) is 62.4 cm³/mol. The fraction of sp³-hybridized carbons (Fsp3) is 0.167. The van der Waals surface area contributed by atoms with Crippen molar-refractivity contribution in [3.63, 3.8) is 0 Å². The van der Waals surface area contributed by atoms with Gasteiger partial charge in [-0.05, 0) is 11.6 Å². The minimum atomic E-state index is -4.44. The summed E-state index contributed by atoms with van der Waals surface area (Å²) in [6, 6.07) is 8.25. The summed E-state index contributed by atoms with van der Waals surface area (Å²) in [6.45, 7) is 0. The standard InChI is InChI=1S/C12H9F3N4/c13-12(14,15)10-6-9(8-4-2-1-3-5-8)19-11(18-10)16-7-17-19/h1-7,9H,(H,16,17,18). The largest absolute Gasteiger partial charge is 0.431 e. The van der Waals surface area contributed by atoms with Crippen LogP contribution in [0.2, 0.25) is 0 Å². The van der Waals surface area contributed by atoms with E-state index in [-0.39, 0.29) is 5.95 Å². The fourth-order valence-electron chi connectivity index (χ4n) is 1.99. The molecule has 3 rings (SSSR count). The number of allylic oxidation sites excluding steroid dienone is 2. The first kappa shape index (κ1) is 11.8. The predicted octanol–water partition coefficient (Wildman–Crippen LogP) is 2.74. The molecule has 7 heteroatoms. The highest BCUT2D eigenvalue weighted by atomic mass is 19.4. The van der Waals surface area contributed by atoms with Crippen LogP contribution < -0.4 is 5.32 Å². The van der Waals surface area contributed by atoms with Gasteiger partial charge in [0.05, 0.1) is 0 Å². The third kappa shape index (κ3) is 2.07. The van der Waals surface area contributed by atoms with Crippen LogP contribution >= 0.6 is 0 Å². The number of fused-ring (bicyclic) bond motifs is 1. The van der Waals surface area contributed by atoms with Gasteiger partial charge in [0.2, 0.25) is 5.95 Å². The summed E-state index contributed by atoms with van der Waals surface area (Å²) in [6.07, 6.45) is -2.10. The molecule has 0 saturated carbocycles. The van der Waals surface area contributed by atoms with Crippen LogP contribution in [0.3, 0.4) is 0 Å². The van der Waals surface area contributed by atoms with Gasteiger partial charge in [-0.25, -0.2) is 4.68 Å². The number of rotatable bonds is 1. The Morgan fingerprint density at radius 3 is 2.58 bits per heavy atom. The molecule has 1 aliphatic rings. The molecule has 2 heterocycles. The SMILES string of the molecule is FC(F)(F)C1=CC(c2ccccc2)n2ncnc2N1. The second kappa shape index (κ2) is 4.11. The van der Waals surface area contributed by atoms with Crippen molar-refractivity contribution in [2.75, 3.05) is 5.32 Å². The van der Waals surface area contributed by atoms with E-state index >= 15 is 0 Å². The molecule has 0 fully saturated rings. The molecule has 19 heavy (non-hydrogen) atoms. The zero-order valence-electron chi connectivity index (χ0n) is 9.59. The van der Waals surface area contributed by atoms with E-state index < -0.39 is 17.9 Å². The summed E-state index contributed by atoms with van der Waals surface area (Å²) in [5.74, 6) is 0.0867. The second-order valence-electron chi connectivity index (χ2n) is 4.09. The van der Waals surface area contributed by atoms with Crippen molar-refractivity contribution in [2.45, 2.75) is 12.2 Å². The van der Waals surface area contributed by atoms with Crippen LogP contribution in [0.25, 0.3) is 0 Å². The van der Waals surface area contributed by atoms with Crippen LogP contribution in [0.4, 0.5) is 19.1 Å². The number of alkyl halides is 3. The highest BCUT2D eigenvalue weighted by Crippen LogP contribution is 2.34. The summed E-state index contributed by atoms with van der Waals surface area (Å²) in [5.41, 5.74) is -0.0978. The molecule has 0 bridgehead atoms. The third-order valence-electron chi connectivity index (χ3n) is 2.85. The van der Waals surface area contributed by atoms with E-state index in [9.17, 15) is 13.2 Å². The number of halogens is 3.